The van der Waals surface area contributed by atoms with Gasteiger partial charge in [-0.2, -0.15) is 0 Å². The van der Waals surface area contributed by atoms with Gasteiger partial charge in [0.05, 0.1) is 11.0 Å². The summed E-state index contributed by atoms with van der Waals surface area (Å²) >= 11 is 0. The van der Waals surface area contributed by atoms with Crippen molar-refractivity contribution in [3.63, 3.8) is 0 Å². The molecule has 0 saturated heterocycles. The molecular formula is C17H25N3. The first-order valence-electron chi connectivity index (χ1n) is 7.65. The average Bonchev–Trinajstić information content (AvgIpc) is 2.45. The van der Waals surface area contributed by atoms with Crippen LogP contribution in [-0.4, -0.2) is 16.5 Å². The number of benzene rings is 1. The Morgan fingerprint density at radius 3 is 2.65 bits per heavy atom. The van der Waals surface area contributed by atoms with Crippen LogP contribution < -0.4 is 5.32 Å². The molecule has 0 fully saturated rings. The largest absolute Gasteiger partial charge is 0.310 e. The monoisotopic (exact) mass is 271 g/mol. The zero-order valence-electron chi connectivity index (χ0n) is 12.8. The maximum absolute atomic E-state index is 4.52. The van der Waals surface area contributed by atoms with E-state index >= 15 is 0 Å². The van der Waals surface area contributed by atoms with Crippen molar-refractivity contribution in [2.75, 3.05) is 6.54 Å². The van der Waals surface area contributed by atoms with Gasteiger partial charge in [0.2, 0.25) is 0 Å². The summed E-state index contributed by atoms with van der Waals surface area (Å²) in [6.07, 6.45) is 7.21. The molecule has 1 aromatic carbocycles. The highest BCUT2D eigenvalue weighted by Gasteiger charge is 2.14. The van der Waals surface area contributed by atoms with Gasteiger partial charge in [-0.15, -0.1) is 0 Å². The van der Waals surface area contributed by atoms with Gasteiger partial charge in [-0.1, -0.05) is 45.7 Å². The number of nitrogens with zero attached hydrogens (tertiary/aromatic N) is 2. The molecule has 108 valence electrons. The number of hydrogen-bond donors (Lipinski definition) is 1. The molecule has 2 aromatic rings. The lowest BCUT2D eigenvalue weighted by atomic mass is 9.97. The molecule has 1 atom stereocenters. The molecule has 1 N–H and O–H groups in total. The van der Waals surface area contributed by atoms with Crippen LogP contribution in [0.15, 0.2) is 30.6 Å². The van der Waals surface area contributed by atoms with Gasteiger partial charge in [-0.25, -0.2) is 0 Å². The lowest BCUT2D eigenvalue weighted by molar-refractivity contribution is 0.457. The smallest absolute Gasteiger partial charge is 0.0934 e. The number of nitrogens with one attached hydrogen (secondary N) is 1. The molecule has 0 aliphatic rings. The summed E-state index contributed by atoms with van der Waals surface area (Å²) in [4.78, 5) is 8.93. The van der Waals surface area contributed by atoms with E-state index in [1.807, 2.05) is 6.07 Å². The van der Waals surface area contributed by atoms with Crippen molar-refractivity contribution in [1.82, 2.24) is 15.3 Å². The first-order valence-corrected chi connectivity index (χ1v) is 7.65. The van der Waals surface area contributed by atoms with E-state index < -0.39 is 0 Å². The quantitative estimate of drug-likeness (QED) is 0.823. The van der Waals surface area contributed by atoms with Gasteiger partial charge < -0.3 is 5.32 Å². The molecule has 0 amide bonds. The van der Waals surface area contributed by atoms with Crippen molar-refractivity contribution < 1.29 is 0 Å². The second-order valence-corrected chi connectivity index (χ2v) is 5.71. The molecule has 3 heteroatoms. The first-order chi connectivity index (χ1) is 9.72. The fourth-order valence-electron chi connectivity index (χ4n) is 2.64. The summed E-state index contributed by atoms with van der Waals surface area (Å²) < 4.78 is 0. The summed E-state index contributed by atoms with van der Waals surface area (Å²) in [7, 11) is 0. The van der Waals surface area contributed by atoms with Crippen LogP contribution in [0, 0.1) is 5.92 Å². The van der Waals surface area contributed by atoms with E-state index in [4.69, 9.17) is 0 Å². The Morgan fingerprint density at radius 1 is 1.10 bits per heavy atom. The minimum atomic E-state index is 0.374. The van der Waals surface area contributed by atoms with E-state index in [-0.39, 0.29) is 0 Å². The fraction of sp³-hybridized carbons (Fsp3) is 0.529. The van der Waals surface area contributed by atoms with Crippen molar-refractivity contribution in [2.45, 2.75) is 46.1 Å². The number of para-hydroxylation sites is 1. The van der Waals surface area contributed by atoms with E-state index in [9.17, 15) is 0 Å². The maximum atomic E-state index is 4.52. The lowest BCUT2D eigenvalue weighted by Crippen LogP contribution is -2.21. The normalized spacial score (nSPS) is 13.0. The Hall–Kier alpha value is -1.48. The molecule has 0 aliphatic carbocycles. The van der Waals surface area contributed by atoms with Crippen LogP contribution in [0.3, 0.4) is 0 Å². The topological polar surface area (TPSA) is 37.8 Å². The molecule has 2 rings (SSSR count). The zero-order chi connectivity index (χ0) is 14.4. The number of hydrogen-bond acceptors (Lipinski definition) is 3. The molecule has 0 bridgehead atoms. The maximum Gasteiger partial charge on any atom is 0.0934 e. The Bertz CT molecular complexity index is 531. The van der Waals surface area contributed by atoms with E-state index in [0.29, 0.717) is 6.04 Å². The van der Waals surface area contributed by atoms with Crippen molar-refractivity contribution in [3.8, 4) is 0 Å². The third-order valence-corrected chi connectivity index (χ3v) is 3.63. The van der Waals surface area contributed by atoms with Gasteiger partial charge in [-0.3, -0.25) is 9.97 Å². The van der Waals surface area contributed by atoms with Crippen molar-refractivity contribution in [1.29, 1.82) is 0 Å². The zero-order valence-corrected chi connectivity index (χ0v) is 12.8. The Labute approximate surface area is 121 Å². The van der Waals surface area contributed by atoms with Crippen molar-refractivity contribution >= 4 is 11.0 Å². The molecule has 0 radical (unpaired) electrons. The summed E-state index contributed by atoms with van der Waals surface area (Å²) in [5.74, 6) is 0.768. The summed E-state index contributed by atoms with van der Waals surface area (Å²) in [5.41, 5.74) is 3.29. The van der Waals surface area contributed by atoms with Crippen LogP contribution in [0.4, 0.5) is 0 Å². The van der Waals surface area contributed by atoms with Crippen LogP contribution in [0.25, 0.3) is 11.0 Å². The molecule has 0 spiro atoms. The number of aromatic nitrogens is 2. The van der Waals surface area contributed by atoms with Crippen LogP contribution in [0.2, 0.25) is 0 Å². The van der Waals surface area contributed by atoms with Gasteiger partial charge in [0, 0.05) is 18.4 Å². The number of fused-ring (bicyclic) bond motifs is 1. The van der Waals surface area contributed by atoms with Crippen molar-refractivity contribution in [3.05, 3.63) is 36.2 Å². The Balaban J connectivity index is 2.22. The Morgan fingerprint density at radius 2 is 1.90 bits per heavy atom. The van der Waals surface area contributed by atoms with Crippen LogP contribution in [0.1, 0.15) is 51.6 Å². The second kappa shape index (κ2) is 7.34. The number of rotatable bonds is 7. The lowest BCUT2D eigenvalue weighted by Gasteiger charge is -2.20. The fourth-order valence-corrected chi connectivity index (χ4v) is 2.64. The summed E-state index contributed by atoms with van der Waals surface area (Å²) in [5, 5.41) is 3.60. The molecule has 1 aromatic heterocycles. The summed E-state index contributed by atoms with van der Waals surface area (Å²) in [6, 6.07) is 6.67. The molecule has 3 nitrogen and oxygen atoms in total. The van der Waals surface area contributed by atoms with Crippen LogP contribution in [0.5, 0.6) is 0 Å². The van der Waals surface area contributed by atoms with E-state index in [1.54, 1.807) is 12.4 Å². The van der Waals surface area contributed by atoms with Gasteiger partial charge in [0.15, 0.2) is 0 Å². The van der Waals surface area contributed by atoms with Crippen LogP contribution >= 0.6 is 0 Å². The predicted octanol–water partition coefficient (Wildman–Crippen LogP) is 4.11. The van der Waals surface area contributed by atoms with Crippen LogP contribution in [-0.2, 0) is 0 Å². The highest BCUT2D eigenvalue weighted by Crippen LogP contribution is 2.25. The van der Waals surface area contributed by atoms with Gasteiger partial charge in [-0.05, 0) is 30.5 Å². The minimum absolute atomic E-state index is 0.374. The van der Waals surface area contributed by atoms with E-state index in [1.165, 1.54) is 18.4 Å². The van der Waals surface area contributed by atoms with Gasteiger partial charge in [0.25, 0.3) is 0 Å². The molecule has 1 unspecified atom stereocenters. The predicted molar refractivity (Wildman–Crippen MR) is 84.6 cm³/mol. The SMILES string of the molecule is CCNC(CCCC(C)C)c1cccc2nccnc12. The standard InChI is InChI=1S/C17H25N3/c1-4-18-15(9-5-7-13(2)3)14-8-6-10-16-17(14)20-12-11-19-16/h6,8,10-13,15,18H,4-5,7,9H2,1-3H3. The summed E-state index contributed by atoms with van der Waals surface area (Å²) in [6.45, 7) is 7.70. The third kappa shape index (κ3) is 3.76. The first kappa shape index (κ1) is 14.9. The second-order valence-electron chi connectivity index (χ2n) is 5.71. The third-order valence-electron chi connectivity index (χ3n) is 3.63. The van der Waals surface area contributed by atoms with E-state index in [0.717, 1.165) is 29.9 Å². The highest BCUT2D eigenvalue weighted by atomic mass is 14.9. The average molecular weight is 271 g/mol. The van der Waals surface area contributed by atoms with Crippen molar-refractivity contribution in [2.24, 2.45) is 5.92 Å². The molecule has 20 heavy (non-hydrogen) atoms. The molecule has 0 saturated carbocycles. The van der Waals surface area contributed by atoms with E-state index in [2.05, 4.69) is 48.2 Å². The minimum Gasteiger partial charge on any atom is -0.310 e. The van der Waals surface area contributed by atoms with Gasteiger partial charge in [0.1, 0.15) is 0 Å². The highest BCUT2D eigenvalue weighted by molar-refractivity contribution is 5.78. The van der Waals surface area contributed by atoms with Gasteiger partial charge >= 0.3 is 0 Å². The molecular weight excluding hydrogens is 246 g/mol. The Kier molecular flexibility index (Phi) is 5.48. The molecule has 1 heterocycles. The molecule has 0 aliphatic heterocycles.